The highest BCUT2D eigenvalue weighted by Crippen LogP contribution is 2.38. The minimum atomic E-state index is -0.264. The van der Waals surface area contributed by atoms with Gasteiger partial charge in [-0.2, -0.15) is 0 Å². The minimum Gasteiger partial charge on any atom is -0.496 e. The van der Waals surface area contributed by atoms with Crippen LogP contribution < -0.4 is 10.1 Å². The highest BCUT2D eigenvalue weighted by Gasteiger charge is 2.18. The van der Waals surface area contributed by atoms with Gasteiger partial charge in [-0.1, -0.05) is 23.2 Å². The molecule has 1 rings (SSSR count). The maximum atomic E-state index is 11.2. The lowest BCUT2D eigenvalue weighted by Crippen LogP contribution is -2.24. The molecule has 0 aliphatic heterocycles. The summed E-state index contributed by atoms with van der Waals surface area (Å²) in [6.45, 7) is 3.92. The second-order valence-electron chi connectivity index (χ2n) is 3.80. The number of hydrogen-bond acceptors (Lipinski definition) is 2. The molecule has 0 aliphatic rings. The van der Waals surface area contributed by atoms with Crippen LogP contribution in [-0.2, 0) is 11.3 Å². The lowest BCUT2D eigenvalue weighted by Gasteiger charge is -2.17. The first-order valence-electron chi connectivity index (χ1n) is 5.27. The predicted molar refractivity (Wildman–Crippen MR) is 75.1 cm³/mol. The number of carbonyl (C=O) groups is 1. The first kappa shape index (κ1) is 15.4. The van der Waals surface area contributed by atoms with Crippen LogP contribution in [0.5, 0.6) is 5.75 Å². The van der Waals surface area contributed by atoms with Crippen LogP contribution in [-0.4, -0.2) is 18.9 Å². The smallest absolute Gasteiger partial charge is 0.235 e. The van der Waals surface area contributed by atoms with E-state index in [2.05, 4.69) is 5.32 Å². The lowest BCUT2D eigenvalue weighted by atomic mass is 10.0. The van der Waals surface area contributed by atoms with Gasteiger partial charge in [-0.15, -0.1) is 11.6 Å². The number of amides is 1. The largest absolute Gasteiger partial charge is 0.496 e. The number of ether oxygens (including phenoxy) is 1. The van der Waals surface area contributed by atoms with E-state index in [1.54, 1.807) is 0 Å². The second kappa shape index (κ2) is 6.50. The van der Waals surface area contributed by atoms with E-state index in [4.69, 9.17) is 39.5 Å². The molecule has 3 nitrogen and oxygen atoms in total. The molecule has 1 aromatic rings. The quantitative estimate of drug-likeness (QED) is 0.865. The number of nitrogens with one attached hydrogen (secondary N) is 1. The molecule has 0 atom stereocenters. The molecule has 0 bridgehead atoms. The Morgan fingerprint density at radius 2 is 1.83 bits per heavy atom. The van der Waals surface area contributed by atoms with Crippen molar-refractivity contribution in [2.45, 2.75) is 20.4 Å². The van der Waals surface area contributed by atoms with Crippen LogP contribution in [0.4, 0.5) is 0 Å². The van der Waals surface area contributed by atoms with Crippen molar-refractivity contribution >= 4 is 40.7 Å². The van der Waals surface area contributed by atoms with Crippen molar-refractivity contribution in [3.8, 4) is 5.75 Å². The molecular weight excluding hydrogens is 296 g/mol. The molecule has 6 heteroatoms. The fraction of sp³-hybridized carbons (Fsp3) is 0.417. The van der Waals surface area contributed by atoms with Crippen LogP contribution in [0.25, 0.3) is 0 Å². The maximum Gasteiger partial charge on any atom is 0.235 e. The van der Waals surface area contributed by atoms with Crippen molar-refractivity contribution < 1.29 is 9.53 Å². The predicted octanol–water partition coefficient (Wildman–Crippen LogP) is 3.47. The normalized spacial score (nSPS) is 10.3. The van der Waals surface area contributed by atoms with E-state index in [0.29, 0.717) is 21.4 Å². The summed E-state index contributed by atoms with van der Waals surface area (Å²) in [5.41, 5.74) is 2.28. The molecule has 1 N–H and O–H groups in total. The maximum absolute atomic E-state index is 11.2. The van der Waals surface area contributed by atoms with Gasteiger partial charge in [0.1, 0.15) is 11.6 Å². The summed E-state index contributed by atoms with van der Waals surface area (Å²) in [5.74, 6) is 0.233. The monoisotopic (exact) mass is 309 g/mol. The Kier molecular flexibility index (Phi) is 5.57. The van der Waals surface area contributed by atoms with Crippen LogP contribution in [0, 0.1) is 13.8 Å². The van der Waals surface area contributed by atoms with Crippen molar-refractivity contribution in [1.29, 1.82) is 0 Å². The van der Waals surface area contributed by atoms with Gasteiger partial charge in [-0.3, -0.25) is 4.79 Å². The molecule has 0 saturated carbocycles. The lowest BCUT2D eigenvalue weighted by molar-refractivity contribution is -0.118. The number of carbonyl (C=O) groups excluding carboxylic acids is 1. The Hall–Kier alpha value is -0.640. The van der Waals surface area contributed by atoms with Crippen molar-refractivity contribution in [3.63, 3.8) is 0 Å². The summed E-state index contributed by atoms with van der Waals surface area (Å²) < 4.78 is 5.31. The van der Waals surface area contributed by atoms with E-state index in [0.717, 1.165) is 11.1 Å². The summed E-state index contributed by atoms with van der Waals surface area (Å²) in [6, 6.07) is 0. The Balaban J connectivity index is 3.20. The Morgan fingerprint density at radius 1 is 1.22 bits per heavy atom. The van der Waals surface area contributed by atoms with Gasteiger partial charge in [0, 0.05) is 17.7 Å². The van der Waals surface area contributed by atoms with Gasteiger partial charge in [-0.05, 0) is 19.4 Å². The molecule has 0 saturated heterocycles. The van der Waals surface area contributed by atoms with Crippen molar-refractivity contribution in [2.75, 3.05) is 13.0 Å². The van der Waals surface area contributed by atoms with Crippen LogP contribution in [0.1, 0.15) is 16.7 Å². The third kappa shape index (κ3) is 3.02. The van der Waals surface area contributed by atoms with Crippen LogP contribution in [0.3, 0.4) is 0 Å². The highest BCUT2D eigenvalue weighted by molar-refractivity contribution is 6.37. The van der Waals surface area contributed by atoms with Gasteiger partial charge in [0.05, 0.1) is 17.2 Å². The minimum absolute atomic E-state index is 0.0918. The molecule has 0 radical (unpaired) electrons. The summed E-state index contributed by atoms with van der Waals surface area (Å²) in [4.78, 5) is 11.2. The van der Waals surface area contributed by atoms with Crippen LogP contribution in [0.15, 0.2) is 0 Å². The van der Waals surface area contributed by atoms with E-state index in [1.807, 2.05) is 13.8 Å². The number of halogens is 3. The zero-order valence-electron chi connectivity index (χ0n) is 10.4. The second-order valence-corrected chi connectivity index (χ2v) is 4.82. The highest BCUT2D eigenvalue weighted by atomic mass is 35.5. The third-order valence-electron chi connectivity index (χ3n) is 2.66. The number of benzene rings is 1. The van der Waals surface area contributed by atoms with Crippen LogP contribution >= 0.6 is 34.8 Å². The molecular formula is C12H14Cl3NO2. The number of rotatable bonds is 4. The van der Waals surface area contributed by atoms with Gasteiger partial charge in [0.15, 0.2) is 0 Å². The van der Waals surface area contributed by atoms with E-state index in [-0.39, 0.29) is 18.3 Å². The fourth-order valence-electron chi connectivity index (χ4n) is 1.70. The third-order valence-corrected chi connectivity index (χ3v) is 3.98. The first-order valence-corrected chi connectivity index (χ1v) is 6.56. The molecule has 0 heterocycles. The van der Waals surface area contributed by atoms with Gasteiger partial charge < -0.3 is 10.1 Å². The number of hydrogen-bond donors (Lipinski definition) is 1. The summed E-state index contributed by atoms with van der Waals surface area (Å²) in [7, 11) is 1.54. The first-order chi connectivity index (χ1) is 8.43. The van der Waals surface area contributed by atoms with Gasteiger partial charge in [0.2, 0.25) is 5.91 Å². The average molecular weight is 311 g/mol. The van der Waals surface area contributed by atoms with Gasteiger partial charge in [-0.25, -0.2) is 0 Å². The van der Waals surface area contributed by atoms with E-state index in [9.17, 15) is 4.79 Å². The van der Waals surface area contributed by atoms with Gasteiger partial charge >= 0.3 is 0 Å². The Morgan fingerprint density at radius 3 is 2.33 bits per heavy atom. The average Bonchev–Trinajstić information content (AvgIpc) is 2.38. The SMILES string of the molecule is COc1c(C)c(Cl)c(C)c(Cl)c1CNC(=O)CCl. The molecule has 0 aromatic heterocycles. The fourth-order valence-corrected chi connectivity index (χ4v) is 2.27. The van der Waals surface area contributed by atoms with Crippen LogP contribution in [0.2, 0.25) is 10.0 Å². The zero-order chi connectivity index (χ0) is 13.9. The van der Waals surface area contributed by atoms with E-state index >= 15 is 0 Å². The molecule has 0 spiro atoms. The Bertz CT molecular complexity index is 475. The molecule has 1 amide bonds. The summed E-state index contributed by atoms with van der Waals surface area (Å²) >= 11 is 17.8. The topological polar surface area (TPSA) is 38.3 Å². The standard InChI is InChI=1S/C12H14Cl3NO2/c1-6-10(14)7(2)12(18-3)8(11(6)15)5-16-9(17)4-13/h4-5H2,1-3H3,(H,16,17). The van der Waals surface area contributed by atoms with Gasteiger partial charge in [0.25, 0.3) is 0 Å². The van der Waals surface area contributed by atoms with Crippen molar-refractivity contribution in [3.05, 3.63) is 26.7 Å². The Labute approximate surface area is 121 Å². The van der Waals surface area contributed by atoms with Crippen molar-refractivity contribution in [2.24, 2.45) is 0 Å². The number of alkyl halides is 1. The summed E-state index contributed by atoms with van der Waals surface area (Å²) in [5, 5.41) is 3.73. The molecule has 100 valence electrons. The van der Waals surface area contributed by atoms with E-state index in [1.165, 1.54) is 7.11 Å². The molecule has 18 heavy (non-hydrogen) atoms. The molecule has 0 unspecified atom stereocenters. The van der Waals surface area contributed by atoms with E-state index < -0.39 is 0 Å². The summed E-state index contributed by atoms with van der Waals surface area (Å²) in [6.07, 6.45) is 0. The van der Waals surface area contributed by atoms with Crippen molar-refractivity contribution in [1.82, 2.24) is 5.32 Å². The number of methoxy groups -OCH3 is 1. The molecule has 0 aliphatic carbocycles. The zero-order valence-corrected chi connectivity index (χ0v) is 12.6. The molecule has 0 fully saturated rings. The molecule has 1 aromatic carbocycles.